The Kier molecular flexibility index (Phi) is 8.15. The second kappa shape index (κ2) is 9.36. The Morgan fingerprint density at radius 2 is 1.92 bits per heavy atom. The number of hydrogen-bond donors (Lipinski definition) is 3. The van der Waals surface area contributed by atoms with Gasteiger partial charge in [-0.1, -0.05) is 13.3 Å². The Bertz CT molecular complexity index is 634. The molecule has 6 nitrogen and oxygen atoms in total. The van der Waals surface area contributed by atoms with Gasteiger partial charge in [0.1, 0.15) is 0 Å². The number of carbonyl (C=O) groups is 1. The summed E-state index contributed by atoms with van der Waals surface area (Å²) in [5, 5.41) is 2.86. The van der Waals surface area contributed by atoms with E-state index in [-0.39, 0.29) is 35.0 Å². The summed E-state index contributed by atoms with van der Waals surface area (Å²) in [4.78, 5) is 12.5. The van der Waals surface area contributed by atoms with E-state index >= 15 is 0 Å². The highest BCUT2D eigenvalue weighted by Crippen LogP contribution is 2.31. The SMILES string of the molecule is CCCNS(=O)(=O)c1ccc(NC(=O)[C@@H]2CCC[C@@H]2CN)cc1.Cl. The molecular weight excluding hydrogens is 350 g/mol. The van der Waals surface area contributed by atoms with Crippen LogP contribution in [0.15, 0.2) is 29.2 Å². The Hall–Kier alpha value is -1.15. The van der Waals surface area contributed by atoms with E-state index in [4.69, 9.17) is 5.73 Å². The number of nitrogens with one attached hydrogen (secondary N) is 2. The molecule has 1 aliphatic rings. The molecule has 0 radical (unpaired) electrons. The molecule has 0 saturated heterocycles. The van der Waals surface area contributed by atoms with Gasteiger partial charge >= 0.3 is 0 Å². The van der Waals surface area contributed by atoms with Crippen LogP contribution in [0.1, 0.15) is 32.6 Å². The first-order valence-corrected chi connectivity index (χ1v) is 9.57. The first-order valence-electron chi connectivity index (χ1n) is 8.08. The normalized spacial score (nSPS) is 20.4. The van der Waals surface area contributed by atoms with E-state index in [1.165, 1.54) is 12.1 Å². The van der Waals surface area contributed by atoms with E-state index < -0.39 is 10.0 Å². The molecule has 1 aliphatic carbocycles. The fraction of sp³-hybridized carbons (Fsp3) is 0.562. The summed E-state index contributed by atoms with van der Waals surface area (Å²) in [5.74, 6) is 0.167. The van der Waals surface area contributed by atoms with Crippen molar-refractivity contribution < 1.29 is 13.2 Å². The van der Waals surface area contributed by atoms with Crippen LogP contribution in [0.2, 0.25) is 0 Å². The van der Waals surface area contributed by atoms with Crippen LogP contribution in [0, 0.1) is 11.8 Å². The standard InChI is InChI=1S/C16H25N3O3S.ClH/c1-2-10-18-23(21,22)14-8-6-13(7-9-14)19-16(20)15-5-3-4-12(15)11-17;/h6-9,12,15,18H,2-5,10-11,17H2,1H3,(H,19,20);1H/t12-,15-;/m1./s1. The predicted molar refractivity (Wildman–Crippen MR) is 97.7 cm³/mol. The van der Waals surface area contributed by atoms with Crippen molar-refractivity contribution in [2.75, 3.05) is 18.4 Å². The van der Waals surface area contributed by atoms with Crippen molar-refractivity contribution in [3.63, 3.8) is 0 Å². The third-order valence-corrected chi connectivity index (χ3v) is 5.75. The Morgan fingerprint density at radius 3 is 2.50 bits per heavy atom. The number of nitrogens with two attached hydrogens (primary N) is 1. The largest absolute Gasteiger partial charge is 0.330 e. The van der Waals surface area contributed by atoms with Crippen LogP contribution < -0.4 is 15.8 Å². The van der Waals surface area contributed by atoms with E-state index in [2.05, 4.69) is 10.0 Å². The van der Waals surface area contributed by atoms with Gasteiger partial charge in [0.05, 0.1) is 4.90 Å². The molecule has 4 N–H and O–H groups in total. The van der Waals surface area contributed by atoms with E-state index in [9.17, 15) is 13.2 Å². The van der Waals surface area contributed by atoms with Gasteiger partial charge in [-0.2, -0.15) is 0 Å². The molecule has 8 heteroatoms. The molecule has 2 rings (SSSR count). The summed E-state index contributed by atoms with van der Waals surface area (Å²) < 4.78 is 26.5. The average Bonchev–Trinajstić information content (AvgIpc) is 3.02. The van der Waals surface area contributed by atoms with Gasteiger partial charge in [-0.25, -0.2) is 13.1 Å². The number of hydrogen-bond acceptors (Lipinski definition) is 4. The Morgan fingerprint density at radius 1 is 1.25 bits per heavy atom. The fourth-order valence-corrected chi connectivity index (χ4v) is 4.07. The summed E-state index contributed by atoms with van der Waals surface area (Å²) in [5.41, 5.74) is 6.31. The van der Waals surface area contributed by atoms with Gasteiger partial charge in [0.25, 0.3) is 0 Å². The molecule has 1 saturated carbocycles. The number of halogens is 1. The molecule has 24 heavy (non-hydrogen) atoms. The molecule has 1 fully saturated rings. The van der Waals surface area contributed by atoms with Crippen LogP contribution in [0.5, 0.6) is 0 Å². The van der Waals surface area contributed by atoms with Gasteiger partial charge in [0.15, 0.2) is 0 Å². The smallest absolute Gasteiger partial charge is 0.240 e. The van der Waals surface area contributed by atoms with E-state index in [0.717, 1.165) is 25.7 Å². The molecular formula is C16H26ClN3O3S. The third-order valence-electron chi connectivity index (χ3n) is 4.27. The second-order valence-corrected chi connectivity index (χ2v) is 7.71. The number of amides is 1. The second-order valence-electron chi connectivity index (χ2n) is 5.94. The van der Waals surface area contributed by atoms with Gasteiger partial charge in [-0.3, -0.25) is 4.79 Å². The first-order chi connectivity index (χ1) is 11.0. The van der Waals surface area contributed by atoms with E-state index in [1.807, 2.05) is 6.92 Å². The van der Waals surface area contributed by atoms with Crippen LogP contribution in [0.3, 0.4) is 0 Å². The summed E-state index contributed by atoms with van der Waals surface area (Å²) in [6, 6.07) is 6.24. The molecule has 1 amide bonds. The highest BCUT2D eigenvalue weighted by atomic mass is 35.5. The number of rotatable bonds is 7. The minimum atomic E-state index is -3.48. The third kappa shape index (κ3) is 5.17. The minimum absolute atomic E-state index is 0. The molecule has 0 spiro atoms. The zero-order chi connectivity index (χ0) is 16.9. The van der Waals surface area contributed by atoms with Crippen molar-refractivity contribution >= 4 is 34.0 Å². The molecule has 0 heterocycles. The maximum atomic E-state index is 12.3. The molecule has 0 aliphatic heterocycles. The van der Waals surface area contributed by atoms with Gasteiger partial charge in [-0.05, 0) is 56.0 Å². The highest BCUT2D eigenvalue weighted by Gasteiger charge is 2.31. The van der Waals surface area contributed by atoms with Crippen molar-refractivity contribution in [1.29, 1.82) is 0 Å². The monoisotopic (exact) mass is 375 g/mol. The Balaban J connectivity index is 0.00000288. The summed E-state index contributed by atoms with van der Waals surface area (Å²) >= 11 is 0. The molecule has 1 aromatic rings. The lowest BCUT2D eigenvalue weighted by Gasteiger charge is -2.17. The highest BCUT2D eigenvalue weighted by molar-refractivity contribution is 7.89. The van der Waals surface area contributed by atoms with Crippen molar-refractivity contribution in [2.24, 2.45) is 17.6 Å². The molecule has 0 unspecified atom stereocenters. The topological polar surface area (TPSA) is 101 Å². The molecule has 2 atom stereocenters. The van der Waals surface area contributed by atoms with Crippen LogP contribution in [0.4, 0.5) is 5.69 Å². The zero-order valence-corrected chi connectivity index (χ0v) is 15.5. The lowest BCUT2D eigenvalue weighted by molar-refractivity contribution is -0.120. The number of benzene rings is 1. The summed E-state index contributed by atoms with van der Waals surface area (Å²) in [7, 11) is -3.48. The van der Waals surface area contributed by atoms with Crippen LogP contribution >= 0.6 is 12.4 Å². The van der Waals surface area contributed by atoms with Gasteiger partial charge < -0.3 is 11.1 Å². The van der Waals surface area contributed by atoms with E-state index in [0.29, 0.717) is 18.8 Å². The predicted octanol–water partition coefficient (Wildman–Crippen LogP) is 2.11. The quantitative estimate of drug-likeness (QED) is 0.679. The maximum absolute atomic E-state index is 12.3. The molecule has 0 bridgehead atoms. The maximum Gasteiger partial charge on any atom is 0.240 e. The molecule has 0 aromatic heterocycles. The van der Waals surface area contributed by atoms with Crippen molar-refractivity contribution in [3.05, 3.63) is 24.3 Å². The number of anilines is 1. The summed E-state index contributed by atoms with van der Waals surface area (Å²) in [6.07, 6.45) is 3.62. The van der Waals surface area contributed by atoms with Crippen molar-refractivity contribution in [1.82, 2.24) is 4.72 Å². The zero-order valence-electron chi connectivity index (χ0n) is 13.8. The van der Waals surface area contributed by atoms with Gasteiger partial charge in [0.2, 0.25) is 15.9 Å². The van der Waals surface area contributed by atoms with Crippen LogP contribution in [-0.2, 0) is 14.8 Å². The van der Waals surface area contributed by atoms with Crippen molar-refractivity contribution in [3.8, 4) is 0 Å². The first kappa shape index (κ1) is 20.9. The van der Waals surface area contributed by atoms with Crippen molar-refractivity contribution in [2.45, 2.75) is 37.5 Å². The van der Waals surface area contributed by atoms with Gasteiger partial charge in [0, 0.05) is 18.2 Å². The lowest BCUT2D eigenvalue weighted by Crippen LogP contribution is -2.29. The lowest BCUT2D eigenvalue weighted by atomic mass is 9.95. The Labute approximate surface area is 150 Å². The molecule has 1 aromatic carbocycles. The van der Waals surface area contributed by atoms with E-state index in [1.54, 1.807) is 12.1 Å². The molecule has 136 valence electrons. The number of carbonyl (C=O) groups excluding carboxylic acids is 1. The minimum Gasteiger partial charge on any atom is -0.330 e. The average molecular weight is 376 g/mol. The van der Waals surface area contributed by atoms with Crippen LogP contribution in [0.25, 0.3) is 0 Å². The van der Waals surface area contributed by atoms with Gasteiger partial charge in [-0.15, -0.1) is 12.4 Å². The fourth-order valence-electron chi connectivity index (χ4n) is 2.94. The number of sulfonamides is 1. The van der Waals surface area contributed by atoms with Crippen LogP contribution in [-0.4, -0.2) is 27.4 Å². The summed E-state index contributed by atoms with van der Waals surface area (Å²) in [6.45, 7) is 2.83.